The molecule has 7 heteroatoms. The van der Waals surface area contributed by atoms with Crippen molar-refractivity contribution in [3.63, 3.8) is 0 Å². The van der Waals surface area contributed by atoms with Crippen LogP contribution in [0.5, 0.6) is 0 Å². The predicted octanol–water partition coefficient (Wildman–Crippen LogP) is 3.95. The maximum Gasteiger partial charge on any atom is 0.316 e. The predicted molar refractivity (Wildman–Crippen MR) is 110 cm³/mol. The van der Waals surface area contributed by atoms with Crippen LogP contribution in [-0.4, -0.2) is 40.1 Å². The summed E-state index contributed by atoms with van der Waals surface area (Å²) in [6, 6.07) is 11.2. The maximum atomic E-state index is 12.5. The first-order valence-electron chi connectivity index (χ1n) is 10.4. The number of carbonyl (C=O) groups is 1. The highest BCUT2D eigenvalue weighted by Gasteiger charge is 2.45. The molecule has 0 radical (unpaired) electrons. The van der Waals surface area contributed by atoms with Crippen molar-refractivity contribution >= 4 is 11.9 Å². The van der Waals surface area contributed by atoms with Gasteiger partial charge in [-0.25, -0.2) is 0 Å². The molecule has 1 N–H and O–H groups in total. The number of nitrogens with one attached hydrogen (secondary N) is 1. The summed E-state index contributed by atoms with van der Waals surface area (Å²) in [5.74, 6) is 1.28. The fourth-order valence-corrected chi connectivity index (χ4v) is 3.70. The molecule has 5 rings (SSSR count). The van der Waals surface area contributed by atoms with Crippen LogP contribution in [0.15, 0.2) is 34.7 Å². The van der Waals surface area contributed by atoms with Gasteiger partial charge in [0.05, 0.1) is 11.6 Å². The number of aromatic nitrogens is 2. The number of hydrogen-bond donors (Lipinski definition) is 1. The lowest BCUT2D eigenvalue weighted by Crippen LogP contribution is -2.45. The second-order valence-corrected chi connectivity index (χ2v) is 8.39. The van der Waals surface area contributed by atoms with E-state index in [4.69, 9.17) is 9.68 Å². The van der Waals surface area contributed by atoms with E-state index < -0.39 is 0 Å². The van der Waals surface area contributed by atoms with Crippen LogP contribution >= 0.6 is 0 Å². The lowest BCUT2D eigenvalue weighted by Gasteiger charge is -2.33. The smallest absolute Gasteiger partial charge is 0.316 e. The summed E-state index contributed by atoms with van der Waals surface area (Å²) in [6.45, 7) is 3.65. The monoisotopic (exact) mass is 395 g/mol. The van der Waals surface area contributed by atoms with Crippen molar-refractivity contribution in [3.8, 4) is 6.07 Å². The van der Waals surface area contributed by atoms with Crippen molar-refractivity contribution in [2.45, 2.75) is 57.4 Å². The first-order valence-corrected chi connectivity index (χ1v) is 10.4. The number of likely N-dealkylation sites (tertiary alicyclic amines) is 1. The number of benzene rings is 1. The van der Waals surface area contributed by atoms with E-state index in [0.29, 0.717) is 28.8 Å². The van der Waals surface area contributed by atoms with Crippen molar-refractivity contribution in [3.05, 3.63) is 41.8 Å². The quantitative estimate of drug-likeness (QED) is 0.842. The number of nitriles is 1. The Kier molecular flexibility index (Phi) is 5.52. The molecule has 0 unspecified atom stereocenters. The highest BCUT2D eigenvalue weighted by molar-refractivity contribution is 5.83. The largest absolute Gasteiger partial charge is 0.408 e. The molecule has 7 nitrogen and oxygen atoms in total. The Bertz CT molecular complexity index is 876. The average Bonchev–Trinajstić information content (AvgIpc) is 3.70. The molecular formula is C22H29N5O2. The SMILES string of the molecule is C[C@@H](Nc1nnc(C2CC2)o1)C(=O)N1CCC2(CC1)CC2.N#Cc1ccccc1.[HH]. The van der Waals surface area contributed by atoms with E-state index in [9.17, 15) is 4.79 Å². The maximum absolute atomic E-state index is 12.5. The summed E-state index contributed by atoms with van der Waals surface area (Å²) in [5.41, 5.74) is 1.31. The Balaban J connectivity index is 0.000000242. The van der Waals surface area contributed by atoms with E-state index in [1.807, 2.05) is 36.1 Å². The van der Waals surface area contributed by atoms with E-state index in [1.165, 1.54) is 12.8 Å². The molecule has 1 atom stereocenters. The summed E-state index contributed by atoms with van der Waals surface area (Å²) >= 11 is 0. The number of anilines is 1. The fourth-order valence-electron chi connectivity index (χ4n) is 3.70. The topological polar surface area (TPSA) is 95.1 Å². The number of rotatable bonds is 4. The summed E-state index contributed by atoms with van der Waals surface area (Å²) in [5, 5.41) is 19.3. The Morgan fingerprint density at radius 1 is 1.24 bits per heavy atom. The molecule has 1 aliphatic heterocycles. The minimum Gasteiger partial charge on any atom is -0.408 e. The molecule has 2 aliphatic carbocycles. The van der Waals surface area contributed by atoms with Gasteiger partial charge in [0.15, 0.2) is 0 Å². The van der Waals surface area contributed by atoms with Crippen LogP contribution in [0.2, 0.25) is 0 Å². The zero-order valence-electron chi connectivity index (χ0n) is 16.8. The van der Waals surface area contributed by atoms with Gasteiger partial charge in [-0.15, -0.1) is 5.10 Å². The Hall–Kier alpha value is -2.88. The number of hydrogen-bond acceptors (Lipinski definition) is 6. The summed E-state index contributed by atoms with van der Waals surface area (Å²) in [6.07, 6.45) is 7.30. The van der Waals surface area contributed by atoms with Gasteiger partial charge in [-0.3, -0.25) is 4.79 Å². The Labute approximate surface area is 172 Å². The molecular weight excluding hydrogens is 366 g/mol. The second kappa shape index (κ2) is 8.24. The van der Waals surface area contributed by atoms with Crippen LogP contribution in [-0.2, 0) is 4.79 Å². The Morgan fingerprint density at radius 3 is 2.48 bits per heavy atom. The van der Waals surface area contributed by atoms with Crippen LogP contribution in [0.4, 0.5) is 6.01 Å². The van der Waals surface area contributed by atoms with Crippen molar-refractivity contribution in [2.24, 2.45) is 5.41 Å². The lowest BCUT2D eigenvalue weighted by atomic mass is 9.93. The molecule has 0 bridgehead atoms. The zero-order chi connectivity index (χ0) is 20.3. The zero-order valence-corrected chi connectivity index (χ0v) is 16.8. The molecule has 2 heterocycles. The lowest BCUT2D eigenvalue weighted by molar-refractivity contribution is -0.133. The third-order valence-corrected chi connectivity index (χ3v) is 6.07. The number of piperidine rings is 1. The van der Waals surface area contributed by atoms with Crippen LogP contribution in [0, 0.1) is 16.7 Å². The molecule has 29 heavy (non-hydrogen) atoms. The molecule has 1 aromatic carbocycles. The van der Waals surface area contributed by atoms with Crippen LogP contribution in [0.25, 0.3) is 0 Å². The van der Waals surface area contributed by atoms with Gasteiger partial charge in [0.25, 0.3) is 0 Å². The van der Waals surface area contributed by atoms with Crippen LogP contribution in [0.3, 0.4) is 0 Å². The number of carbonyl (C=O) groups excluding carboxylic acids is 1. The highest BCUT2D eigenvalue weighted by atomic mass is 16.4. The minimum atomic E-state index is -0.314. The summed E-state index contributed by atoms with van der Waals surface area (Å²) in [7, 11) is 0. The van der Waals surface area contributed by atoms with Gasteiger partial charge < -0.3 is 14.6 Å². The normalized spacial score (nSPS) is 20.2. The van der Waals surface area contributed by atoms with Gasteiger partial charge in [-0.2, -0.15) is 5.26 Å². The highest BCUT2D eigenvalue weighted by Crippen LogP contribution is 2.53. The first kappa shape index (κ1) is 19.4. The number of nitrogens with zero attached hydrogens (tertiary/aromatic N) is 4. The molecule has 1 spiro atoms. The summed E-state index contributed by atoms with van der Waals surface area (Å²) in [4.78, 5) is 14.4. The van der Waals surface area contributed by atoms with E-state index >= 15 is 0 Å². The van der Waals surface area contributed by atoms with E-state index in [2.05, 4.69) is 15.5 Å². The van der Waals surface area contributed by atoms with Crippen molar-refractivity contribution in [1.82, 2.24) is 15.1 Å². The molecule has 3 aliphatic rings. The Morgan fingerprint density at radius 2 is 1.93 bits per heavy atom. The fraction of sp³-hybridized carbons (Fsp3) is 0.545. The van der Waals surface area contributed by atoms with Crippen molar-refractivity contribution in [1.29, 1.82) is 5.26 Å². The van der Waals surface area contributed by atoms with Crippen molar-refractivity contribution < 1.29 is 10.6 Å². The standard InChI is InChI=1S/C15H22N4O2.C7H5N.H2/c1-10(16-14-18-17-12(21-14)11-2-3-11)13(20)19-8-6-15(4-5-15)7-9-19;8-6-7-4-2-1-3-5-7;/h10-11H,2-9H2,1H3,(H,16,18);1-5H;1H/t10-;;/m1../s1. The number of amides is 1. The van der Waals surface area contributed by atoms with Gasteiger partial charge in [0.2, 0.25) is 11.8 Å². The third kappa shape index (κ3) is 4.94. The van der Waals surface area contributed by atoms with Gasteiger partial charge >= 0.3 is 6.01 Å². The first-order chi connectivity index (χ1) is 14.1. The van der Waals surface area contributed by atoms with Gasteiger partial charge in [0, 0.05) is 20.4 Å². The van der Waals surface area contributed by atoms with Crippen LogP contribution < -0.4 is 5.32 Å². The summed E-state index contributed by atoms with van der Waals surface area (Å²) < 4.78 is 5.55. The van der Waals surface area contributed by atoms with E-state index in [0.717, 1.165) is 38.8 Å². The minimum absolute atomic E-state index is 0. The van der Waals surface area contributed by atoms with E-state index in [1.54, 1.807) is 12.1 Å². The molecule has 2 saturated carbocycles. The molecule has 2 aromatic rings. The second-order valence-electron chi connectivity index (χ2n) is 8.39. The third-order valence-electron chi connectivity index (χ3n) is 6.07. The average molecular weight is 396 g/mol. The van der Waals surface area contributed by atoms with E-state index in [-0.39, 0.29) is 13.4 Å². The van der Waals surface area contributed by atoms with Crippen LogP contribution in [0.1, 0.15) is 64.2 Å². The molecule has 1 amide bonds. The molecule has 1 saturated heterocycles. The van der Waals surface area contributed by atoms with Crippen molar-refractivity contribution in [2.75, 3.05) is 18.4 Å². The van der Waals surface area contributed by atoms with Gasteiger partial charge in [0.1, 0.15) is 6.04 Å². The molecule has 3 fully saturated rings. The van der Waals surface area contributed by atoms with Gasteiger partial charge in [-0.05, 0) is 63.0 Å². The van der Waals surface area contributed by atoms with Gasteiger partial charge in [-0.1, -0.05) is 23.3 Å². The molecule has 1 aromatic heterocycles. The molecule has 154 valence electrons.